The van der Waals surface area contributed by atoms with E-state index in [9.17, 15) is 0 Å². The lowest BCUT2D eigenvalue weighted by Gasteiger charge is -2.07. The van der Waals surface area contributed by atoms with E-state index in [0.717, 1.165) is 11.4 Å². The predicted molar refractivity (Wildman–Crippen MR) is 63.7 cm³/mol. The van der Waals surface area contributed by atoms with Gasteiger partial charge in [0.1, 0.15) is 0 Å². The molecular weight excluding hydrogens is 184 g/mol. The molecule has 15 heavy (non-hydrogen) atoms. The molecule has 0 amide bonds. The first-order valence-corrected chi connectivity index (χ1v) is 4.93. The molecule has 0 saturated carbocycles. The Morgan fingerprint density at radius 1 is 0.800 bits per heavy atom. The van der Waals surface area contributed by atoms with Gasteiger partial charge in [0.25, 0.3) is 0 Å². The van der Waals surface area contributed by atoms with Crippen molar-refractivity contribution in [3.05, 3.63) is 48.5 Å². The van der Waals surface area contributed by atoms with E-state index in [-0.39, 0.29) is 0 Å². The van der Waals surface area contributed by atoms with Crippen molar-refractivity contribution in [2.45, 2.75) is 0 Å². The van der Waals surface area contributed by atoms with Crippen LogP contribution in [-0.4, -0.2) is 6.34 Å². The molecule has 72 valence electrons. The molecule has 0 spiro atoms. The minimum Gasteiger partial charge on any atom is -0.346 e. The van der Waals surface area contributed by atoms with Crippen molar-refractivity contribution in [2.24, 2.45) is 4.99 Å². The van der Waals surface area contributed by atoms with Gasteiger partial charge in [0, 0.05) is 16.8 Å². The van der Waals surface area contributed by atoms with Crippen molar-refractivity contribution >= 4 is 17.7 Å². The molecule has 0 aromatic heterocycles. The Labute approximate surface area is 88.3 Å². The van der Waals surface area contributed by atoms with Crippen LogP contribution in [0.1, 0.15) is 0 Å². The standard InChI is InChI=1S/C13H10N2/c1-3-7-12-10(5-1)11-6-2-4-8-13(11)15-9-14-12/h1-9H,(H,14,15). The average molecular weight is 194 g/mol. The monoisotopic (exact) mass is 194 g/mol. The van der Waals surface area contributed by atoms with Crippen LogP contribution in [0.4, 0.5) is 11.4 Å². The van der Waals surface area contributed by atoms with Gasteiger partial charge in [-0.3, -0.25) is 0 Å². The highest BCUT2D eigenvalue weighted by molar-refractivity contribution is 5.94. The smallest absolute Gasteiger partial charge is 0.0930 e. The van der Waals surface area contributed by atoms with Crippen molar-refractivity contribution in [1.29, 1.82) is 0 Å². The van der Waals surface area contributed by atoms with Crippen LogP contribution in [0.15, 0.2) is 53.5 Å². The fourth-order valence-electron chi connectivity index (χ4n) is 1.83. The fourth-order valence-corrected chi connectivity index (χ4v) is 1.83. The van der Waals surface area contributed by atoms with Gasteiger partial charge in [-0.2, -0.15) is 0 Å². The topological polar surface area (TPSA) is 24.4 Å². The van der Waals surface area contributed by atoms with Crippen LogP contribution < -0.4 is 5.32 Å². The molecule has 3 rings (SSSR count). The van der Waals surface area contributed by atoms with Gasteiger partial charge in [0.2, 0.25) is 0 Å². The Bertz CT molecular complexity index is 530. The van der Waals surface area contributed by atoms with Crippen LogP contribution in [0.3, 0.4) is 0 Å². The molecule has 0 radical (unpaired) electrons. The lowest BCUT2D eigenvalue weighted by atomic mass is 10.0. The molecule has 1 aliphatic rings. The van der Waals surface area contributed by atoms with Gasteiger partial charge in [0.05, 0.1) is 12.0 Å². The zero-order valence-corrected chi connectivity index (χ0v) is 8.14. The van der Waals surface area contributed by atoms with Crippen LogP contribution in [0.5, 0.6) is 0 Å². The molecule has 1 heterocycles. The zero-order valence-electron chi connectivity index (χ0n) is 8.14. The molecule has 2 aromatic carbocycles. The summed E-state index contributed by atoms with van der Waals surface area (Å²) in [5, 5.41) is 3.18. The van der Waals surface area contributed by atoms with E-state index in [1.807, 2.05) is 30.3 Å². The van der Waals surface area contributed by atoms with Gasteiger partial charge < -0.3 is 5.32 Å². The molecule has 0 saturated heterocycles. The number of benzene rings is 2. The van der Waals surface area contributed by atoms with Gasteiger partial charge in [-0.1, -0.05) is 36.4 Å². The number of hydrogen-bond donors (Lipinski definition) is 1. The Kier molecular flexibility index (Phi) is 1.78. The minimum atomic E-state index is 1.01. The maximum absolute atomic E-state index is 4.37. The summed E-state index contributed by atoms with van der Waals surface area (Å²) in [6, 6.07) is 16.4. The molecule has 0 fully saturated rings. The van der Waals surface area contributed by atoms with Crippen molar-refractivity contribution in [3.8, 4) is 11.1 Å². The summed E-state index contributed by atoms with van der Waals surface area (Å²) >= 11 is 0. The van der Waals surface area contributed by atoms with E-state index < -0.39 is 0 Å². The maximum atomic E-state index is 4.37. The largest absolute Gasteiger partial charge is 0.346 e. The second kappa shape index (κ2) is 3.24. The van der Waals surface area contributed by atoms with Gasteiger partial charge in [-0.25, -0.2) is 4.99 Å². The van der Waals surface area contributed by atoms with E-state index in [4.69, 9.17) is 0 Å². The third-order valence-corrected chi connectivity index (χ3v) is 2.54. The molecule has 2 nitrogen and oxygen atoms in total. The number of rotatable bonds is 0. The van der Waals surface area contributed by atoms with Crippen molar-refractivity contribution in [1.82, 2.24) is 0 Å². The van der Waals surface area contributed by atoms with Gasteiger partial charge >= 0.3 is 0 Å². The minimum absolute atomic E-state index is 1.01. The lowest BCUT2D eigenvalue weighted by Crippen LogP contribution is -1.93. The van der Waals surface area contributed by atoms with Crippen molar-refractivity contribution < 1.29 is 0 Å². The average Bonchev–Trinajstić information content (AvgIpc) is 2.48. The van der Waals surface area contributed by atoms with E-state index in [1.165, 1.54) is 11.1 Å². The van der Waals surface area contributed by atoms with E-state index in [2.05, 4.69) is 28.5 Å². The Balaban J connectivity index is 2.33. The lowest BCUT2D eigenvalue weighted by molar-refractivity contribution is 1.54. The molecular formula is C13H10N2. The summed E-state index contributed by atoms with van der Waals surface area (Å²) < 4.78 is 0. The molecule has 2 heteroatoms. The maximum Gasteiger partial charge on any atom is 0.0930 e. The first-order valence-electron chi connectivity index (χ1n) is 4.93. The summed E-state index contributed by atoms with van der Waals surface area (Å²) in [5.74, 6) is 0. The SMILES string of the molecule is C1=Nc2ccccc2-c2ccccc2N1. The second-order valence-electron chi connectivity index (χ2n) is 3.47. The van der Waals surface area contributed by atoms with Crippen LogP contribution in [0.2, 0.25) is 0 Å². The summed E-state index contributed by atoms with van der Waals surface area (Å²) in [4.78, 5) is 4.37. The molecule has 0 atom stereocenters. The highest BCUT2D eigenvalue weighted by Gasteiger charge is 2.09. The molecule has 2 aromatic rings. The van der Waals surface area contributed by atoms with Crippen LogP contribution in [0, 0.1) is 0 Å². The highest BCUT2D eigenvalue weighted by atomic mass is 15.0. The summed E-state index contributed by atoms with van der Waals surface area (Å²) in [7, 11) is 0. The third kappa shape index (κ3) is 1.31. The number of anilines is 1. The Morgan fingerprint density at radius 3 is 2.47 bits per heavy atom. The summed E-state index contributed by atoms with van der Waals surface area (Å²) in [6.45, 7) is 0. The Morgan fingerprint density at radius 2 is 1.53 bits per heavy atom. The molecule has 0 bridgehead atoms. The normalized spacial score (nSPS) is 12.3. The van der Waals surface area contributed by atoms with E-state index >= 15 is 0 Å². The van der Waals surface area contributed by atoms with Crippen molar-refractivity contribution in [2.75, 3.05) is 5.32 Å². The van der Waals surface area contributed by atoms with Crippen LogP contribution in [0.25, 0.3) is 11.1 Å². The Hall–Kier alpha value is -2.09. The number of nitrogens with zero attached hydrogens (tertiary/aromatic N) is 1. The van der Waals surface area contributed by atoms with Crippen LogP contribution in [-0.2, 0) is 0 Å². The highest BCUT2D eigenvalue weighted by Crippen LogP contribution is 2.36. The molecule has 1 aliphatic heterocycles. The van der Waals surface area contributed by atoms with Gasteiger partial charge in [-0.15, -0.1) is 0 Å². The van der Waals surface area contributed by atoms with Crippen molar-refractivity contribution in [3.63, 3.8) is 0 Å². The molecule has 0 aliphatic carbocycles. The van der Waals surface area contributed by atoms with E-state index in [1.54, 1.807) is 6.34 Å². The number of hydrogen-bond acceptors (Lipinski definition) is 2. The second-order valence-corrected chi connectivity index (χ2v) is 3.47. The van der Waals surface area contributed by atoms with E-state index in [0.29, 0.717) is 0 Å². The number of para-hydroxylation sites is 2. The first-order chi connectivity index (χ1) is 7.45. The molecule has 1 N–H and O–H groups in total. The molecule has 0 unspecified atom stereocenters. The van der Waals surface area contributed by atoms with Crippen LogP contribution >= 0.6 is 0 Å². The number of aliphatic imine (C=N–C) groups is 1. The fraction of sp³-hybridized carbons (Fsp3) is 0. The number of fused-ring (bicyclic) bond motifs is 3. The summed E-state index contributed by atoms with van der Waals surface area (Å²) in [6.07, 6.45) is 1.74. The predicted octanol–water partition coefficient (Wildman–Crippen LogP) is 3.44. The third-order valence-electron chi connectivity index (χ3n) is 2.54. The quantitative estimate of drug-likeness (QED) is 0.682. The van der Waals surface area contributed by atoms with Gasteiger partial charge in [0.15, 0.2) is 0 Å². The summed E-state index contributed by atoms with van der Waals surface area (Å²) in [5.41, 5.74) is 4.49. The first kappa shape index (κ1) is 8.24. The van der Waals surface area contributed by atoms with Gasteiger partial charge in [-0.05, 0) is 12.1 Å². The number of nitrogens with one attached hydrogen (secondary N) is 1. The zero-order chi connectivity index (χ0) is 10.1.